The van der Waals surface area contributed by atoms with Crippen LogP contribution in [0.15, 0.2) is 28.4 Å². The maximum Gasteiger partial charge on any atom is 0.249 e. The predicted octanol–water partition coefficient (Wildman–Crippen LogP) is 2.01. The normalized spacial score (nSPS) is 9.45. The maximum absolute atomic E-state index is 10.7. The second-order valence-corrected chi connectivity index (χ2v) is 2.94. The molecule has 1 N–H and O–H groups in total. The zero-order chi connectivity index (χ0) is 6.97. The topological polar surface area (TPSA) is 32.9 Å². The first kappa shape index (κ1) is 8.30. The second-order valence-electron chi connectivity index (χ2n) is 2.03. The maximum atomic E-state index is 10.7. The summed E-state index contributed by atoms with van der Waals surface area (Å²) >= 11 is 1.55. The Kier molecular flexibility index (Phi) is 2.31. The molecule has 2 heterocycles. The fourth-order valence-corrected chi connectivity index (χ4v) is 1.65. The quantitative estimate of drug-likeness (QED) is 0.673. The molecular formula is C7H6ClNOS. The van der Waals surface area contributed by atoms with E-state index in [1.54, 1.807) is 11.3 Å². The lowest BCUT2D eigenvalue weighted by atomic mass is 10.3. The molecule has 0 aliphatic rings. The number of halogens is 1. The molecule has 0 aliphatic carbocycles. The lowest BCUT2D eigenvalue weighted by Gasteiger charge is -1.83. The van der Waals surface area contributed by atoms with Gasteiger partial charge < -0.3 is 4.98 Å². The van der Waals surface area contributed by atoms with Crippen LogP contribution >= 0.6 is 23.7 Å². The number of nitrogens with one attached hydrogen (secondary N) is 1. The van der Waals surface area contributed by atoms with Gasteiger partial charge in [0.1, 0.15) is 4.83 Å². The van der Waals surface area contributed by atoms with E-state index in [9.17, 15) is 4.79 Å². The third-order valence-corrected chi connectivity index (χ3v) is 2.19. The van der Waals surface area contributed by atoms with Gasteiger partial charge in [-0.1, -0.05) is 0 Å². The van der Waals surface area contributed by atoms with Crippen LogP contribution in [-0.4, -0.2) is 4.98 Å². The van der Waals surface area contributed by atoms with Gasteiger partial charge in [0.2, 0.25) is 5.56 Å². The SMILES string of the molecule is Cl.O=c1ccc2ccsc2[nH]1. The zero-order valence-corrected chi connectivity index (χ0v) is 7.17. The molecule has 4 heteroatoms. The van der Waals surface area contributed by atoms with Gasteiger partial charge in [-0.3, -0.25) is 4.79 Å². The van der Waals surface area contributed by atoms with Gasteiger partial charge in [0.25, 0.3) is 0 Å². The summed E-state index contributed by atoms with van der Waals surface area (Å²) in [6.45, 7) is 0. The van der Waals surface area contributed by atoms with E-state index < -0.39 is 0 Å². The molecule has 2 rings (SSSR count). The van der Waals surface area contributed by atoms with Crippen molar-refractivity contribution in [1.82, 2.24) is 4.98 Å². The van der Waals surface area contributed by atoms with Crippen molar-refractivity contribution in [2.75, 3.05) is 0 Å². The van der Waals surface area contributed by atoms with E-state index in [4.69, 9.17) is 0 Å². The molecule has 2 aromatic rings. The molecule has 0 bridgehead atoms. The highest BCUT2D eigenvalue weighted by molar-refractivity contribution is 7.16. The summed E-state index contributed by atoms with van der Waals surface area (Å²) in [4.78, 5) is 14.4. The van der Waals surface area contributed by atoms with Crippen LogP contribution in [0, 0.1) is 0 Å². The van der Waals surface area contributed by atoms with Crippen molar-refractivity contribution in [2.24, 2.45) is 0 Å². The van der Waals surface area contributed by atoms with Gasteiger partial charge in [-0.05, 0) is 17.5 Å². The Labute approximate surface area is 73.3 Å². The lowest BCUT2D eigenvalue weighted by Crippen LogP contribution is -2.00. The Bertz CT molecular complexity index is 406. The number of hydrogen-bond acceptors (Lipinski definition) is 2. The first-order valence-electron chi connectivity index (χ1n) is 2.93. The molecular weight excluding hydrogens is 182 g/mol. The molecule has 0 saturated heterocycles. The molecule has 0 fully saturated rings. The monoisotopic (exact) mass is 187 g/mol. The molecule has 2 aromatic heterocycles. The molecule has 0 amide bonds. The van der Waals surface area contributed by atoms with Crippen molar-refractivity contribution < 1.29 is 0 Å². The summed E-state index contributed by atoms with van der Waals surface area (Å²) < 4.78 is 0. The van der Waals surface area contributed by atoms with E-state index >= 15 is 0 Å². The fraction of sp³-hybridized carbons (Fsp3) is 0. The van der Waals surface area contributed by atoms with Gasteiger partial charge in [0.05, 0.1) is 0 Å². The molecule has 0 saturated carbocycles. The number of rotatable bonds is 0. The van der Waals surface area contributed by atoms with Crippen molar-refractivity contribution in [2.45, 2.75) is 0 Å². The number of fused-ring (bicyclic) bond motifs is 1. The molecule has 11 heavy (non-hydrogen) atoms. The Morgan fingerprint density at radius 1 is 1.27 bits per heavy atom. The minimum absolute atomic E-state index is 0. The number of hydrogen-bond donors (Lipinski definition) is 1. The van der Waals surface area contributed by atoms with Crippen LogP contribution in [0.3, 0.4) is 0 Å². The summed E-state index contributed by atoms with van der Waals surface area (Å²) in [7, 11) is 0. The van der Waals surface area contributed by atoms with Crippen LogP contribution in [0.2, 0.25) is 0 Å². The first-order chi connectivity index (χ1) is 4.86. The molecule has 0 atom stereocenters. The fourth-order valence-electron chi connectivity index (χ4n) is 0.871. The zero-order valence-electron chi connectivity index (χ0n) is 5.53. The molecule has 0 aromatic carbocycles. The van der Waals surface area contributed by atoms with Crippen LogP contribution in [0.25, 0.3) is 10.2 Å². The summed E-state index contributed by atoms with van der Waals surface area (Å²) in [6, 6.07) is 5.34. The van der Waals surface area contributed by atoms with Crippen molar-refractivity contribution in [3.63, 3.8) is 0 Å². The minimum atomic E-state index is -0.0325. The van der Waals surface area contributed by atoms with Crippen LogP contribution in [0.1, 0.15) is 0 Å². The van der Waals surface area contributed by atoms with Crippen molar-refractivity contribution in [1.29, 1.82) is 0 Å². The molecule has 0 unspecified atom stereocenters. The van der Waals surface area contributed by atoms with E-state index in [1.165, 1.54) is 6.07 Å². The van der Waals surface area contributed by atoms with E-state index in [-0.39, 0.29) is 18.0 Å². The number of thiophene rings is 1. The van der Waals surface area contributed by atoms with E-state index in [1.807, 2.05) is 17.5 Å². The predicted molar refractivity (Wildman–Crippen MR) is 49.7 cm³/mol. The van der Waals surface area contributed by atoms with Crippen molar-refractivity contribution in [3.8, 4) is 0 Å². The van der Waals surface area contributed by atoms with Gasteiger partial charge in [0, 0.05) is 11.5 Å². The average Bonchev–Trinajstić information content (AvgIpc) is 2.33. The number of aromatic amines is 1. The van der Waals surface area contributed by atoms with Gasteiger partial charge in [-0.25, -0.2) is 0 Å². The Morgan fingerprint density at radius 3 is 2.91 bits per heavy atom. The van der Waals surface area contributed by atoms with E-state index in [0.29, 0.717) is 0 Å². The first-order valence-corrected chi connectivity index (χ1v) is 3.81. The third-order valence-electron chi connectivity index (χ3n) is 1.35. The van der Waals surface area contributed by atoms with Crippen LogP contribution < -0.4 is 5.56 Å². The molecule has 0 aliphatic heterocycles. The number of pyridine rings is 1. The van der Waals surface area contributed by atoms with E-state index in [2.05, 4.69) is 4.98 Å². The Balaban J connectivity index is 0.000000605. The molecule has 58 valence electrons. The highest BCUT2D eigenvalue weighted by Crippen LogP contribution is 2.14. The second kappa shape index (κ2) is 3.07. The minimum Gasteiger partial charge on any atom is -0.314 e. The summed E-state index contributed by atoms with van der Waals surface area (Å²) in [5.74, 6) is 0. The standard InChI is InChI=1S/C7H5NOS.ClH/c9-6-2-1-5-3-4-10-7(5)8-6;/h1-4H,(H,8,9);1H. The molecule has 2 nitrogen and oxygen atoms in total. The van der Waals surface area contributed by atoms with Crippen LogP contribution in [-0.2, 0) is 0 Å². The summed E-state index contributed by atoms with van der Waals surface area (Å²) in [5, 5.41) is 3.06. The largest absolute Gasteiger partial charge is 0.314 e. The third kappa shape index (κ3) is 1.44. The van der Waals surface area contributed by atoms with Gasteiger partial charge in [-0.2, -0.15) is 0 Å². The summed E-state index contributed by atoms with van der Waals surface area (Å²) in [6.07, 6.45) is 0. The summed E-state index contributed by atoms with van der Waals surface area (Å²) in [5.41, 5.74) is -0.0325. The van der Waals surface area contributed by atoms with Crippen LogP contribution in [0.5, 0.6) is 0 Å². The van der Waals surface area contributed by atoms with E-state index in [0.717, 1.165) is 10.2 Å². The molecule has 0 radical (unpaired) electrons. The number of H-pyrrole nitrogens is 1. The highest BCUT2D eigenvalue weighted by Gasteiger charge is 1.91. The lowest BCUT2D eigenvalue weighted by molar-refractivity contribution is 1.33. The Morgan fingerprint density at radius 2 is 2.09 bits per heavy atom. The van der Waals surface area contributed by atoms with Gasteiger partial charge in [-0.15, -0.1) is 23.7 Å². The highest BCUT2D eigenvalue weighted by atomic mass is 35.5. The smallest absolute Gasteiger partial charge is 0.249 e. The molecule has 0 spiro atoms. The van der Waals surface area contributed by atoms with Crippen molar-refractivity contribution in [3.05, 3.63) is 33.9 Å². The number of aromatic nitrogens is 1. The van der Waals surface area contributed by atoms with Gasteiger partial charge in [0.15, 0.2) is 0 Å². The van der Waals surface area contributed by atoms with Gasteiger partial charge >= 0.3 is 0 Å². The van der Waals surface area contributed by atoms with Crippen LogP contribution in [0.4, 0.5) is 0 Å². The average molecular weight is 188 g/mol. The van der Waals surface area contributed by atoms with Crippen molar-refractivity contribution >= 4 is 34.0 Å². The Hall–Kier alpha value is -0.800.